The van der Waals surface area contributed by atoms with Crippen molar-refractivity contribution < 1.29 is 14.3 Å². The monoisotopic (exact) mass is 380 g/mol. The third kappa shape index (κ3) is 4.41. The van der Waals surface area contributed by atoms with E-state index < -0.39 is 17.4 Å². The molecule has 0 radical (unpaired) electrons. The Labute approximate surface area is 160 Å². The molecule has 8 heteroatoms. The van der Waals surface area contributed by atoms with Crippen molar-refractivity contribution in [3.63, 3.8) is 0 Å². The molecule has 1 heterocycles. The molecule has 0 saturated heterocycles. The Bertz CT molecular complexity index is 1060. The number of carbonyl (C=O) groups is 2. The zero-order valence-corrected chi connectivity index (χ0v) is 15.5. The Balaban J connectivity index is 1.66. The number of hydrazine groups is 1. The van der Waals surface area contributed by atoms with Gasteiger partial charge in [-0.3, -0.25) is 25.2 Å². The summed E-state index contributed by atoms with van der Waals surface area (Å²) in [6.45, 7) is 4.36. The summed E-state index contributed by atoms with van der Waals surface area (Å²) in [6.07, 6.45) is 0.121. The number of nitrogens with one attached hydrogen (secondary N) is 3. The van der Waals surface area contributed by atoms with E-state index in [0.29, 0.717) is 22.9 Å². The summed E-state index contributed by atoms with van der Waals surface area (Å²) in [6, 6.07) is 13.5. The van der Waals surface area contributed by atoms with Crippen LogP contribution in [0.3, 0.4) is 0 Å². The van der Waals surface area contributed by atoms with Crippen molar-refractivity contribution in [3.8, 4) is 0 Å². The summed E-state index contributed by atoms with van der Waals surface area (Å²) in [5.41, 5.74) is 5.61. The van der Waals surface area contributed by atoms with Gasteiger partial charge >= 0.3 is 0 Å². The van der Waals surface area contributed by atoms with E-state index in [9.17, 15) is 14.4 Å². The first-order valence-electron chi connectivity index (χ1n) is 8.74. The van der Waals surface area contributed by atoms with E-state index in [0.717, 1.165) is 5.56 Å². The van der Waals surface area contributed by atoms with Gasteiger partial charge in [0.25, 0.3) is 17.4 Å². The highest BCUT2D eigenvalue weighted by Crippen LogP contribution is 2.12. The summed E-state index contributed by atoms with van der Waals surface area (Å²) >= 11 is 0. The minimum absolute atomic E-state index is 0.0108. The average Bonchev–Trinajstić information content (AvgIpc) is 2.71. The van der Waals surface area contributed by atoms with Crippen molar-refractivity contribution >= 4 is 22.6 Å². The fourth-order valence-electron chi connectivity index (χ4n) is 2.55. The zero-order valence-electron chi connectivity index (χ0n) is 15.5. The number of ether oxygens (including phenoxy) is 1. The first-order valence-corrected chi connectivity index (χ1v) is 8.74. The highest BCUT2D eigenvalue weighted by atomic mass is 16.5. The predicted molar refractivity (Wildman–Crippen MR) is 104 cm³/mol. The fraction of sp³-hybridized carbons (Fsp3) is 0.200. The SMILES string of the molecule is CC(C)OCc1ccc(C(=O)NNC(=O)c2n[nH]c(=O)c3ccccc23)cc1. The second-order valence-electron chi connectivity index (χ2n) is 6.41. The molecule has 0 saturated carbocycles. The van der Waals surface area contributed by atoms with Crippen LogP contribution in [-0.2, 0) is 11.3 Å². The van der Waals surface area contributed by atoms with Crippen LogP contribution in [0.25, 0.3) is 10.8 Å². The molecule has 0 unspecified atom stereocenters. The second-order valence-corrected chi connectivity index (χ2v) is 6.41. The molecule has 0 atom stereocenters. The quantitative estimate of drug-likeness (QED) is 0.585. The van der Waals surface area contributed by atoms with Gasteiger partial charge in [-0.2, -0.15) is 5.10 Å². The molecule has 0 aliphatic heterocycles. The number of hydrogen-bond acceptors (Lipinski definition) is 5. The van der Waals surface area contributed by atoms with Gasteiger partial charge in [-0.25, -0.2) is 5.10 Å². The molecule has 0 bridgehead atoms. The van der Waals surface area contributed by atoms with Gasteiger partial charge in [0, 0.05) is 10.9 Å². The van der Waals surface area contributed by atoms with Crippen molar-refractivity contribution in [2.45, 2.75) is 26.6 Å². The highest BCUT2D eigenvalue weighted by molar-refractivity contribution is 6.05. The summed E-state index contributed by atoms with van der Waals surface area (Å²) in [5, 5.41) is 6.80. The molecule has 28 heavy (non-hydrogen) atoms. The minimum Gasteiger partial charge on any atom is -0.374 e. The van der Waals surface area contributed by atoms with Gasteiger partial charge < -0.3 is 4.74 Å². The Morgan fingerprint density at radius 2 is 1.64 bits per heavy atom. The number of H-pyrrole nitrogens is 1. The molecule has 0 fully saturated rings. The van der Waals surface area contributed by atoms with E-state index in [1.807, 2.05) is 13.8 Å². The normalized spacial score (nSPS) is 10.8. The van der Waals surface area contributed by atoms with Crippen molar-refractivity contribution in [1.29, 1.82) is 0 Å². The highest BCUT2D eigenvalue weighted by Gasteiger charge is 2.15. The van der Waals surface area contributed by atoms with Crippen LogP contribution in [0.5, 0.6) is 0 Å². The van der Waals surface area contributed by atoms with Crippen LogP contribution in [0.1, 0.15) is 40.3 Å². The lowest BCUT2D eigenvalue weighted by molar-refractivity contribution is 0.0656. The molecule has 2 aromatic carbocycles. The lowest BCUT2D eigenvalue weighted by atomic mass is 10.1. The van der Waals surface area contributed by atoms with Crippen LogP contribution >= 0.6 is 0 Å². The van der Waals surface area contributed by atoms with Crippen molar-refractivity contribution in [2.75, 3.05) is 0 Å². The first kappa shape index (κ1) is 19.2. The molecular weight excluding hydrogens is 360 g/mol. The summed E-state index contributed by atoms with van der Waals surface area (Å²) < 4.78 is 5.51. The van der Waals surface area contributed by atoms with Gasteiger partial charge in [0.1, 0.15) is 0 Å². The van der Waals surface area contributed by atoms with Crippen LogP contribution in [-0.4, -0.2) is 28.1 Å². The van der Waals surface area contributed by atoms with Crippen LogP contribution in [0.4, 0.5) is 0 Å². The van der Waals surface area contributed by atoms with Gasteiger partial charge in [-0.15, -0.1) is 0 Å². The molecular formula is C20H20N4O4. The predicted octanol–water partition coefficient (Wildman–Crippen LogP) is 1.92. The van der Waals surface area contributed by atoms with E-state index in [1.54, 1.807) is 48.5 Å². The molecule has 0 aliphatic rings. The van der Waals surface area contributed by atoms with Crippen LogP contribution in [0, 0.1) is 0 Å². The third-order valence-electron chi connectivity index (χ3n) is 4.00. The number of aromatic nitrogens is 2. The number of hydrogen-bond donors (Lipinski definition) is 3. The largest absolute Gasteiger partial charge is 0.374 e. The van der Waals surface area contributed by atoms with Gasteiger partial charge in [0.2, 0.25) is 0 Å². The van der Waals surface area contributed by atoms with E-state index in [-0.39, 0.29) is 11.8 Å². The molecule has 144 valence electrons. The van der Waals surface area contributed by atoms with Crippen LogP contribution in [0.15, 0.2) is 53.3 Å². The smallest absolute Gasteiger partial charge is 0.290 e. The molecule has 3 N–H and O–H groups in total. The average molecular weight is 380 g/mol. The summed E-state index contributed by atoms with van der Waals surface area (Å²) in [5.74, 6) is -1.11. The maximum Gasteiger partial charge on any atom is 0.290 e. The van der Waals surface area contributed by atoms with E-state index >= 15 is 0 Å². The number of nitrogens with zero attached hydrogens (tertiary/aromatic N) is 1. The van der Waals surface area contributed by atoms with Crippen molar-refractivity contribution in [2.24, 2.45) is 0 Å². The standard InChI is InChI=1S/C20H20N4O4/c1-12(2)28-11-13-7-9-14(10-8-13)18(25)22-24-20(27)17-15-5-3-4-6-16(15)19(26)23-21-17/h3-10,12H,11H2,1-2H3,(H,22,25)(H,23,26)(H,24,27). The van der Waals surface area contributed by atoms with E-state index in [1.165, 1.54) is 0 Å². The maximum atomic E-state index is 12.4. The van der Waals surface area contributed by atoms with Crippen molar-refractivity contribution in [3.05, 3.63) is 75.7 Å². The van der Waals surface area contributed by atoms with Gasteiger partial charge in [-0.1, -0.05) is 30.3 Å². The fourth-order valence-corrected chi connectivity index (χ4v) is 2.55. The summed E-state index contributed by atoms with van der Waals surface area (Å²) in [4.78, 5) is 36.4. The number of fused-ring (bicyclic) bond motifs is 1. The maximum absolute atomic E-state index is 12.4. The van der Waals surface area contributed by atoms with Gasteiger partial charge in [0.15, 0.2) is 5.69 Å². The lowest BCUT2D eigenvalue weighted by Gasteiger charge is -2.10. The van der Waals surface area contributed by atoms with Gasteiger partial charge in [-0.05, 0) is 37.6 Å². The lowest BCUT2D eigenvalue weighted by Crippen LogP contribution is -2.42. The Kier molecular flexibility index (Phi) is 5.81. The Morgan fingerprint density at radius 3 is 2.32 bits per heavy atom. The molecule has 3 aromatic rings. The third-order valence-corrected chi connectivity index (χ3v) is 4.00. The Hall–Kier alpha value is -3.52. The van der Waals surface area contributed by atoms with Crippen LogP contribution < -0.4 is 16.4 Å². The van der Waals surface area contributed by atoms with E-state index in [2.05, 4.69) is 21.0 Å². The topological polar surface area (TPSA) is 113 Å². The minimum atomic E-state index is -0.636. The number of benzene rings is 2. The Morgan fingerprint density at radius 1 is 1.00 bits per heavy atom. The molecule has 3 rings (SSSR count). The number of carbonyl (C=O) groups excluding carboxylic acids is 2. The number of aromatic amines is 1. The van der Waals surface area contributed by atoms with Gasteiger partial charge in [0.05, 0.1) is 18.1 Å². The second kappa shape index (κ2) is 8.45. The summed E-state index contributed by atoms with van der Waals surface area (Å²) in [7, 11) is 0. The zero-order chi connectivity index (χ0) is 20.1. The molecule has 2 amide bonds. The van der Waals surface area contributed by atoms with Crippen molar-refractivity contribution in [1.82, 2.24) is 21.0 Å². The van der Waals surface area contributed by atoms with Crippen LogP contribution in [0.2, 0.25) is 0 Å². The molecule has 8 nitrogen and oxygen atoms in total. The first-order chi connectivity index (χ1) is 13.5. The number of amides is 2. The molecule has 1 aromatic heterocycles. The number of rotatable bonds is 5. The molecule has 0 spiro atoms. The van der Waals surface area contributed by atoms with E-state index in [4.69, 9.17) is 4.74 Å². The molecule has 0 aliphatic carbocycles.